The predicted molar refractivity (Wildman–Crippen MR) is 93.3 cm³/mol. The highest BCUT2D eigenvalue weighted by molar-refractivity contribution is 5.66. The van der Waals surface area contributed by atoms with Crippen LogP contribution >= 0.6 is 0 Å². The molecule has 6 heteroatoms. The lowest BCUT2D eigenvalue weighted by molar-refractivity contribution is -0.137. The van der Waals surface area contributed by atoms with Crippen LogP contribution < -0.4 is 0 Å². The second kappa shape index (κ2) is 13.6. The first kappa shape index (κ1) is 22.1. The van der Waals surface area contributed by atoms with Crippen LogP contribution in [0, 0.1) is 0 Å². The molecule has 0 aromatic heterocycles. The van der Waals surface area contributed by atoms with E-state index in [1.165, 1.54) is 0 Å². The summed E-state index contributed by atoms with van der Waals surface area (Å²) in [6, 6.07) is 0. The van der Waals surface area contributed by atoms with E-state index in [1.54, 1.807) is 0 Å². The van der Waals surface area contributed by atoms with Gasteiger partial charge in [-0.2, -0.15) is 0 Å². The molecule has 5 N–H and O–H groups in total. The third-order valence-corrected chi connectivity index (χ3v) is 3.82. The van der Waals surface area contributed by atoms with E-state index in [9.17, 15) is 25.2 Å². The Kier molecular flexibility index (Phi) is 12.5. The van der Waals surface area contributed by atoms with Gasteiger partial charge in [-0.1, -0.05) is 39.0 Å². The van der Waals surface area contributed by atoms with Crippen LogP contribution in [0.2, 0.25) is 0 Å². The van der Waals surface area contributed by atoms with Crippen molar-refractivity contribution in [2.75, 3.05) is 0 Å². The lowest BCUT2D eigenvalue weighted by Gasteiger charge is -2.07. The summed E-state index contributed by atoms with van der Waals surface area (Å²) in [4.78, 5) is 10.4. The summed E-state index contributed by atoms with van der Waals surface area (Å²) in [7, 11) is 0. The zero-order valence-corrected chi connectivity index (χ0v) is 14.6. The highest BCUT2D eigenvalue weighted by Gasteiger charge is 2.10. The summed E-state index contributed by atoms with van der Waals surface area (Å²) < 4.78 is 0. The summed E-state index contributed by atoms with van der Waals surface area (Å²) in [6.07, 6.45) is 7.19. The van der Waals surface area contributed by atoms with Crippen LogP contribution in [0.15, 0.2) is 23.0 Å². The number of carbonyl (C=O) groups is 1. The average molecular weight is 344 g/mol. The van der Waals surface area contributed by atoms with Gasteiger partial charge in [0.1, 0.15) is 23.0 Å². The minimum absolute atomic E-state index is 0.138. The number of carboxylic acids is 1. The van der Waals surface area contributed by atoms with E-state index >= 15 is 0 Å². The number of aliphatic hydroxyl groups is 4. The van der Waals surface area contributed by atoms with Crippen molar-refractivity contribution in [1.82, 2.24) is 0 Å². The Balaban J connectivity index is 4.05. The summed E-state index contributed by atoms with van der Waals surface area (Å²) in [5, 5.41) is 47.5. The van der Waals surface area contributed by atoms with Crippen molar-refractivity contribution in [3.05, 3.63) is 23.0 Å². The molecule has 0 fully saturated rings. The van der Waals surface area contributed by atoms with Gasteiger partial charge in [0.25, 0.3) is 0 Å². The minimum Gasteiger partial charge on any atom is -0.509 e. The third kappa shape index (κ3) is 11.7. The molecule has 0 heterocycles. The van der Waals surface area contributed by atoms with E-state index in [4.69, 9.17) is 5.11 Å². The summed E-state index contributed by atoms with van der Waals surface area (Å²) in [6.45, 7) is 2.04. The zero-order chi connectivity index (χ0) is 18.4. The molecule has 0 aliphatic carbocycles. The molecule has 140 valence electrons. The van der Waals surface area contributed by atoms with Gasteiger partial charge in [0, 0.05) is 19.3 Å². The molecule has 0 rings (SSSR count). The van der Waals surface area contributed by atoms with E-state index in [0.717, 1.165) is 38.5 Å². The highest BCUT2D eigenvalue weighted by atomic mass is 16.4. The van der Waals surface area contributed by atoms with E-state index < -0.39 is 5.97 Å². The van der Waals surface area contributed by atoms with Crippen LogP contribution in [0.4, 0.5) is 0 Å². The number of hydrogen-bond acceptors (Lipinski definition) is 5. The maximum atomic E-state index is 10.4. The van der Waals surface area contributed by atoms with Crippen LogP contribution in [-0.4, -0.2) is 31.5 Å². The SMILES string of the molecule is CCCCC/C(O)=C(/O)C/C(O)=C(/O)CCCCCCCC(=O)O. The number of unbranched alkanes of at least 4 members (excludes halogenated alkanes) is 6. The molecule has 0 aliphatic rings. The summed E-state index contributed by atoms with van der Waals surface area (Å²) >= 11 is 0. The number of carboxylic acid groups (broad SMARTS) is 1. The minimum atomic E-state index is -0.786. The van der Waals surface area contributed by atoms with Crippen molar-refractivity contribution in [3.8, 4) is 0 Å². The van der Waals surface area contributed by atoms with Gasteiger partial charge in [-0.3, -0.25) is 4.79 Å². The van der Waals surface area contributed by atoms with Crippen molar-refractivity contribution in [2.24, 2.45) is 0 Å². The van der Waals surface area contributed by atoms with Crippen molar-refractivity contribution < 1.29 is 30.3 Å². The highest BCUT2D eigenvalue weighted by Crippen LogP contribution is 2.19. The fourth-order valence-corrected chi connectivity index (χ4v) is 2.29. The Labute approximate surface area is 144 Å². The molecule has 24 heavy (non-hydrogen) atoms. The van der Waals surface area contributed by atoms with Gasteiger partial charge >= 0.3 is 5.97 Å². The van der Waals surface area contributed by atoms with E-state index in [-0.39, 0.29) is 35.9 Å². The molecule has 0 saturated carbocycles. The fraction of sp³-hybridized carbons (Fsp3) is 0.722. The first-order chi connectivity index (χ1) is 11.4. The quantitative estimate of drug-likeness (QED) is 0.212. The van der Waals surface area contributed by atoms with Crippen molar-refractivity contribution in [1.29, 1.82) is 0 Å². The maximum Gasteiger partial charge on any atom is 0.303 e. The zero-order valence-electron chi connectivity index (χ0n) is 14.6. The molecule has 0 amide bonds. The molecular weight excluding hydrogens is 312 g/mol. The Morgan fingerprint density at radius 3 is 1.46 bits per heavy atom. The standard InChI is InChI=1S/C18H32O6/c1-2-3-7-10-14(19)16(21)13-17(22)15(20)11-8-5-4-6-9-12-18(23)24/h19-22H,2-13H2,1H3,(H,23,24)/b16-14-,17-15-. The maximum absolute atomic E-state index is 10.4. The van der Waals surface area contributed by atoms with Crippen molar-refractivity contribution in [2.45, 2.75) is 84.0 Å². The molecule has 6 nitrogen and oxygen atoms in total. The second-order valence-corrected chi connectivity index (χ2v) is 6.08. The number of allylic oxidation sites excluding steroid dienone is 2. The van der Waals surface area contributed by atoms with Crippen LogP contribution in [0.3, 0.4) is 0 Å². The van der Waals surface area contributed by atoms with Crippen LogP contribution in [0.5, 0.6) is 0 Å². The molecule has 0 unspecified atom stereocenters. The van der Waals surface area contributed by atoms with Gasteiger partial charge in [-0.25, -0.2) is 0 Å². The lowest BCUT2D eigenvalue weighted by Crippen LogP contribution is -1.98. The molecule has 0 radical (unpaired) electrons. The van der Waals surface area contributed by atoms with Gasteiger partial charge in [-0.15, -0.1) is 0 Å². The normalized spacial score (nSPS) is 13.4. The molecule has 0 aromatic carbocycles. The lowest BCUT2D eigenvalue weighted by atomic mass is 10.1. The van der Waals surface area contributed by atoms with Crippen LogP contribution in [-0.2, 0) is 4.79 Å². The average Bonchev–Trinajstić information content (AvgIpc) is 2.53. The predicted octanol–water partition coefficient (Wildman–Crippen LogP) is 5.43. The smallest absolute Gasteiger partial charge is 0.303 e. The number of rotatable bonds is 14. The van der Waals surface area contributed by atoms with Crippen molar-refractivity contribution in [3.63, 3.8) is 0 Å². The Bertz CT molecular complexity index is 425. The van der Waals surface area contributed by atoms with Crippen molar-refractivity contribution >= 4 is 5.97 Å². The van der Waals surface area contributed by atoms with Crippen LogP contribution in [0.1, 0.15) is 84.0 Å². The summed E-state index contributed by atoms with van der Waals surface area (Å²) in [5.74, 6) is -1.72. The molecule has 0 atom stereocenters. The molecule has 0 bridgehead atoms. The first-order valence-electron chi connectivity index (χ1n) is 8.80. The second-order valence-electron chi connectivity index (χ2n) is 6.08. The Morgan fingerprint density at radius 2 is 1.00 bits per heavy atom. The summed E-state index contributed by atoms with van der Waals surface area (Å²) in [5.41, 5.74) is 0. The van der Waals surface area contributed by atoms with Gasteiger partial charge in [-0.05, 0) is 19.3 Å². The largest absolute Gasteiger partial charge is 0.509 e. The monoisotopic (exact) mass is 344 g/mol. The van der Waals surface area contributed by atoms with E-state index in [0.29, 0.717) is 25.7 Å². The van der Waals surface area contributed by atoms with Gasteiger partial charge in [0.15, 0.2) is 0 Å². The van der Waals surface area contributed by atoms with E-state index in [1.807, 2.05) is 6.92 Å². The topological polar surface area (TPSA) is 118 Å². The Hall–Kier alpha value is -1.85. The van der Waals surface area contributed by atoms with Crippen LogP contribution in [0.25, 0.3) is 0 Å². The molecule has 0 spiro atoms. The Morgan fingerprint density at radius 1 is 0.583 bits per heavy atom. The van der Waals surface area contributed by atoms with E-state index in [2.05, 4.69) is 0 Å². The third-order valence-electron chi connectivity index (χ3n) is 3.82. The number of hydrogen-bond donors (Lipinski definition) is 5. The molecule has 0 saturated heterocycles. The fourth-order valence-electron chi connectivity index (χ4n) is 2.29. The van der Waals surface area contributed by atoms with Gasteiger partial charge < -0.3 is 25.5 Å². The van der Waals surface area contributed by atoms with Gasteiger partial charge in [0.05, 0.1) is 6.42 Å². The molecule has 0 aliphatic heterocycles. The molecular formula is C18H32O6. The number of aliphatic hydroxyl groups excluding tert-OH is 4. The first-order valence-corrected chi connectivity index (χ1v) is 8.80. The molecule has 0 aromatic rings. The number of aliphatic carboxylic acids is 1. The van der Waals surface area contributed by atoms with Gasteiger partial charge in [0.2, 0.25) is 0 Å².